The van der Waals surface area contributed by atoms with E-state index >= 15 is 0 Å². The van der Waals surface area contributed by atoms with Gasteiger partial charge in [0.05, 0.1) is 0 Å². The lowest BCUT2D eigenvalue weighted by molar-refractivity contribution is 0.358. The number of hydrogen-bond acceptors (Lipinski definition) is 1. The molecule has 1 saturated heterocycles. The van der Waals surface area contributed by atoms with E-state index in [4.69, 9.17) is 0 Å². The first-order valence-corrected chi connectivity index (χ1v) is 6.94. The van der Waals surface area contributed by atoms with Gasteiger partial charge in [0, 0.05) is 0 Å². The first-order valence-electron chi connectivity index (χ1n) is 6.94. The van der Waals surface area contributed by atoms with Crippen molar-refractivity contribution in [2.24, 2.45) is 5.92 Å². The van der Waals surface area contributed by atoms with Crippen LogP contribution >= 0.6 is 0 Å². The molecule has 1 nitrogen and oxygen atoms in total. The van der Waals surface area contributed by atoms with E-state index in [1.165, 1.54) is 55.5 Å². The molecule has 0 radical (unpaired) electrons. The van der Waals surface area contributed by atoms with Crippen molar-refractivity contribution in [2.75, 3.05) is 13.1 Å². The van der Waals surface area contributed by atoms with E-state index in [9.17, 15) is 0 Å². The van der Waals surface area contributed by atoms with Crippen LogP contribution in [0.15, 0.2) is 12.1 Å². The van der Waals surface area contributed by atoms with Crippen molar-refractivity contribution in [3.63, 3.8) is 0 Å². The highest BCUT2D eigenvalue weighted by atomic mass is 14.9. The van der Waals surface area contributed by atoms with Crippen molar-refractivity contribution in [2.45, 2.75) is 46.5 Å². The lowest BCUT2D eigenvalue weighted by Gasteiger charge is -2.23. The molecule has 1 atom stereocenters. The summed E-state index contributed by atoms with van der Waals surface area (Å²) in [6.45, 7) is 9.15. The van der Waals surface area contributed by atoms with Gasteiger partial charge in [0.2, 0.25) is 0 Å². The van der Waals surface area contributed by atoms with Gasteiger partial charge in [-0.3, -0.25) is 0 Å². The monoisotopic (exact) mass is 231 g/mol. The number of aryl methyl sites for hydroxylation is 3. The molecule has 0 saturated carbocycles. The van der Waals surface area contributed by atoms with Crippen molar-refractivity contribution in [1.29, 1.82) is 0 Å². The summed E-state index contributed by atoms with van der Waals surface area (Å²) in [5, 5.41) is 3.51. The predicted molar refractivity (Wildman–Crippen MR) is 74.6 cm³/mol. The Kier molecular flexibility index (Phi) is 4.22. The average Bonchev–Trinajstić information content (AvgIpc) is 2.29. The maximum atomic E-state index is 3.51. The highest BCUT2D eigenvalue weighted by molar-refractivity contribution is 5.37. The first-order chi connectivity index (χ1) is 8.16. The largest absolute Gasteiger partial charge is 0.316 e. The van der Waals surface area contributed by atoms with Gasteiger partial charge in [-0.1, -0.05) is 17.7 Å². The second kappa shape index (κ2) is 5.68. The Morgan fingerprint density at radius 2 is 1.88 bits per heavy atom. The van der Waals surface area contributed by atoms with Crippen LogP contribution in [0.4, 0.5) is 0 Å². The van der Waals surface area contributed by atoms with Gasteiger partial charge in [0.15, 0.2) is 0 Å². The third-order valence-corrected chi connectivity index (χ3v) is 4.04. The zero-order valence-electron chi connectivity index (χ0n) is 11.5. The van der Waals surface area contributed by atoms with Crippen LogP contribution in [0.2, 0.25) is 0 Å². The third-order valence-electron chi connectivity index (χ3n) is 4.04. The molecule has 0 aliphatic carbocycles. The van der Waals surface area contributed by atoms with Crippen molar-refractivity contribution in [3.8, 4) is 0 Å². The Labute approximate surface area is 106 Å². The Morgan fingerprint density at radius 3 is 2.47 bits per heavy atom. The summed E-state index contributed by atoms with van der Waals surface area (Å²) in [5.41, 5.74) is 5.93. The standard InChI is InChI=1S/C16H25N/c1-12-9-13(2)16(14(3)10-12)7-6-15-5-4-8-17-11-15/h9-10,15,17H,4-8,11H2,1-3H3. The van der Waals surface area contributed by atoms with E-state index in [0.717, 1.165) is 5.92 Å². The Hall–Kier alpha value is -0.820. The fraction of sp³-hybridized carbons (Fsp3) is 0.625. The molecule has 17 heavy (non-hydrogen) atoms. The van der Waals surface area contributed by atoms with E-state index in [2.05, 4.69) is 38.2 Å². The Balaban J connectivity index is 1.98. The van der Waals surface area contributed by atoms with Gasteiger partial charge in [-0.25, -0.2) is 0 Å². The number of hydrogen-bond donors (Lipinski definition) is 1. The molecule has 1 heterocycles. The van der Waals surface area contributed by atoms with Gasteiger partial charge in [-0.15, -0.1) is 0 Å². The minimum atomic E-state index is 0.892. The normalized spacial score (nSPS) is 20.5. The van der Waals surface area contributed by atoms with E-state index in [-0.39, 0.29) is 0 Å². The second-order valence-corrected chi connectivity index (χ2v) is 5.63. The van der Waals surface area contributed by atoms with Gasteiger partial charge >= 0.3 is 0 Å². The number of rotatable bonds is 3. The van der Waals surface area contributed by atoms with Crippen LogP contribution in [0.1, 0.15) is 41.5 Å². The van der Waals surface area contributed by atoms with E-state index in [1.807, 2.05) is 0 Å². The summed E-state index contributed by atoms with van der Waals surface area (Å²) in [4.78, 5) is 0. The van der Waals surface area contributed by atoms with Crippen LogP contribution in [-0.4, -0.2) is 13.1 Å². The third kappa shape index (κ3) is 3.32. The van der Waals surface area contributed by atoms with Gasteiger partial charge in [0.25, 0.3) is 0 Å². The van der Waals surface area contributed by atoms with Crippen LogP contribution in [0.5, 0.6) is 0 Å². The van der Waals surface area contributed by atoms with Crippen molar-refractivity contribution in [3.05, 3.63) is 34.4 Å². The summed E-state index contributed by atoms with van der Waals surface area (Å²) in [5.74, 6) is 0.892. The average molecular weight is 231 g/mol. The zero-order valence-corrected chi connectivity index (χ0v) is 11.5. The molecule has 1 aromatic carbocycles. The summed E-state index contributed by atoms with van der Waals surface area (Å²) >= 11 is 0. The number of benzene rings is 1. The lowest BCUT2D eigenvalue weighted by Crippen LogP contribution is -2.30. The van der Waals surface area contributed by atoms with Gasteiger partial charge < -0.3 is 5.32 Å². The van der Waals surface area contributed by atoms with Crippen LogP contribution < -0.4 is 5.32 Å². The van der Waals surface area contributed by atoms with Gasteiger partial charge in [-0.05, 0) is 82.2 Å². The Morgan fingerprint density at radius 1 is 1.18 bits per heavy atom. The maximum Gasteiger partial charge on any atom is -0.00204 e. The van der Waals surface area contributed by atoms with Crippen LogP contribution in [0.3, 0.4) is 0 Å². The fourth-order valence-corrected chi connectivity index (χ4v) is 3.12. The molecule has 1 fully saturated rings. The molecule has 94 valence electrons. The van der Waals surface area contributed by atoms with E-state index in [1.54, 1.807) is 5.56 Å². The molecule has 1 aromatic rings. The molecular formula is C16H25N. The van der Waals surface area contributed by atoms with Crippen molar-refractivity contribution >= 4 is 0 Å². The van der Waals surface area contributed by atoms with Gasteiger partial charge in [0.1, 0.15) is 0 Å². The molecule has 0 spiro atoms. The highest BCUT2D eigenvalue weighted by Gasteiger charge is 2.13. The van der Waals surface area contributed by atoms with E-state index in [0.29, 0.717) is 0 Å². The molecular weight excluding hydrogens is 206 g/mol. The molecule has 1 heteroatoms. The first kappa shape index (κ1) is 12.6. The summed E-state index contributed by atoms with van der Waals surface area (Å²) in [7, 11) is 0. The topological polar surface area (TPSA) is 12.0 Å². The van der Waals surface area contributed by atoms with Crippen LogP contribution in [0, 0.1) is 26.7 Å². The predicted octanol–water partition coefficient (Wildman–Crippen LogP) is 3.54. The minimum Gasteiger partial charge on any atom is -0.316 e. The summed E-state index contributed by atoms with van der Waals surface area (Å²) in [6, 6.07) is 4.64. The molecule has 1 N–H and O–H groups in total. The minimum absolute atomic E-state index is 0.892. The smallest absolute Gasteiger partial charge is 0.00204 e. The quantitative estimate of drug-likeness (QED) is 0.839. The van der Waals surface area contributed by atoms with Crippen molar-refractivity contribution < 1.29 is 0 Å². The lowest BCUT2D eigenvalue weighted by atomic mass is 9.89. The Bertz CT molecular complexity index is 352. The van der Waals surface area contributed by atoms with Crippen LogP contribution in [-0.2, 0) is 6.42 Å². The summed E-state index contributed by atoms with van der Waals surface area (Å²) in [6.07, 6.45) is 5.37. The van der Waals surface area contributed by atoms with Crippen LogP contribution in [0.25, 0.3) is 0 Å². The zero-order chi connectivity index (χ0) is 12.3. The van der Waals surface area contributed by atoms with Crippen molar-refractivity contribution in [1.82, 2.24) is 5.32 Å². The number of nitrogens with one attached hydrogen (secondary N) is 1. The molecule has 2 rings (SSSR count). The fourth-order valence-electron chi connectivity index (χ4n) is 3.12. The molecule has 1 aliphatic rings. The number of piperidine rings is 1. The molecule has 0 bridgehead atoms. The molecule has 1 unspecified atom stereocenters. The van der Waals surface area contributed by atoms with Gasteiger partial charge in [-0.2, -0.15) is 0 Å². The molecule has 1 aliphatic heterocycles. The molecule has 0 aromatic heterocycles. The molecule has 0 amide bonds. The highest BCUT2D eigenvalue weighted by Crippen LogP contribution is 2.22. The SMILES string of the molecule is Cc1cc(C)c(CCC2CCCNC2)c(C)c1. The summed E-state index contributed by atoms with van der Waals surface area (Å²) < 4.78 is 0. The van der Waals surface area contributed by atoms with E-state index < -0.39 is 0 Å². The second-order valence-electron chi connectivity index (χ2n) is 5.63. The maximum absolute atomic E-state index is 3.51.